The molecule has 0 rings (SSSR count). The van der Waals surface area contributed by atoms with Crippen LogP contribution in [0.5, 0.6) is 0 Å². The van der Waals surface area contributed by atoms with E-state index in [1.54, 1.807) is 0 Å². The van der Waals surface area contributed by atoms with Crippen molar-refractivity contribution in [3.8, 4) is 0 Å². The largest absolute Gasteiger partial charge is 1.00 e. The van der Waals surface area contributed by atoms with Gasteiger partial charge in [-0.05, 0) is 0 Å². The summed E-state index contributed by atoms with van der Waals surface area (Å²) in [6.07, 6.45) is 0. The van der Waals surface area contributed by atoms with Crippen LogP contribution in [-0.2, 0) is 10.1 Å². The summed E-state index contributed by atoms with van der Waals surface area (Å²) in [7, 11) is -4.21. The molecule has 0 radical (unpaired) electrons. The molecular weight excluding hydrogens is 209 g/mol. The predicted octanol–water partition coefficient (Wildman–Crippen LogP) is -5.52. The van der Waals surface area contributed by atoms with Crippen LogP contribution in [0.3, 0.4) is 0 Å². The van der Waals surface area contributed by atoms with Crippen LogP contribution in [0.1, 0.15) is 0 Å². The molecule has 0 aromatic rings. The maximum atomic E-state index is 10.1. The van der Waals surface area contributed by atoms with Crippen molar-refractivity contribution in [2.24, 2.45) is 0 Å². The zero-order valence-electron chi connectivity index (χ0n) is 7.43. The first-order valence-corrected chi connectivity index (χ1v) is 4.96. The van der Waals surface area contributed by atoms with Crippen molar-refractivity contribution in [1.29, 1.82) is 0 Å². The molecule has 0 unspecified atom stereocenters. The third-order valence-electron chi connectivity index (χ3n) is 1.23. The summed E-state index contributed by atoms with van der Waals surface area (Å²) < 4.78 is 30.2. The second-order valence-electron chi connectivity index (χ2n) is 2.28. The van der Waals surface area contributed by atoms with Crippen LogP contribution in [0.2, 0.25) is 0 Å². The number of rotatable bonds is 6. The number of aliphatic hydroxyl groups is 2. The molecule has 0 aliphatic heterocycles. The number of nitrogens with one attached hydrogen (secondary N) is 1. The SMILES string of the molecule is O=S(=O)([O-])CCNC(CO)CO.[Na+]. The first kappa shape index (κ1) is 16.2. The molecule has 8 heteroatoms. The summed E-state index contributed by atoms with van der Waals surface area (Å²) in [6, 6.07) is -0.563. The van der Waals surface area contributed by atoms with Gasteiger partial charge in [0.15, 0.2) is 0 Å². The van der Waals surface area contributed by atoms with Crippen LogP contribution in [-0.4, -0.2) is 54.7 Å². The Kier molecular flexibility index (Phi) is 10.1. The normalized spacial score (nSPS) is 11.4. The van der Waals surface area contributed by atoms with Crippen molar-refractivity contribution >= 4 is 10.1 Å². The fraction of sp³-hybridized carbons (Fsp3) is 1.00. The monoisotopic (exact) mass is 221 g/mol. The van der Waals surface area contributed by atoms with Crippen LogP contribution in [0.25, 0.3) is 0 Å². The quantitative estimate of drug-likeness (QED) is 0.305. The standard InChI is InChI=1S/C5H13NO5S.Na/c7-3-5(4-8)6-1-2-12(9,10)11;/h5-8H,1-4H2,(H,9,10,11);/q;+1/p-1. The van der Waals surface area contributed by atoms with E-state index in [4.69, 9.17) is 10.2 Å². The Morgan fingerprint density at radius 2 is 1.77 bits per heavy atom. The minimum Gasteiger partial charge on any atom is -0.748 e. The molecule has 0 heterocycles. The second kappa shape index (κ2) is 8.13. The van der Waals surface area contributed by atoms with Gasteiger partial charge in [-0.25, -0.2) is 8.42 Å². The topological polar surface area (TPSA) is 110 Å². The van der Waals surface area contributed by atoms with E-state index >= 15 is 0 Å². The van der Waals surface area contributed by atoms with E-state index in [1.807, 2.05) is 0 Å². The van der Waals surface area contributed by atoms with Crippen LogP contribution in [0.4, 0.5) is 0 Å². The smallest absolute Gasteiger partial charge is 0.748 e. The molecule has 6 nitrogen and oxygen atoms in total. The zero-order chi connectivity index (χ0) is 9.61. The second-order valence-corrected chi connectivity index (χ2v) is 3.80. The van der Waals surface area contributed by atoms with E-state index in [0.29, 0.717) is 0 Å². The molecule has 3 N–H and O–H groups in total. The minimum atomic E-state index is -4.21. The Labute approximate surface area is 99.4 Å². The van der Waals surface area contributed by atoms with Crippen LogP contribution >= 0.6 is 0 Å². The molecule has 0 aromatic heterocycles. The van der Waals surface area contributed by atoms with Gasteiger partial charge in [-0.15, -0.1) is 0 Å². The van der Waals surface area contributed by atoms with Gasteiger partial charge in [0.25, 0.3) is 0 Å². The van der Waals surface area contributed by atoms with E-state index in [0.717, 1.165) is 0 Å². The molecule has 0 aromatic carbocycles. The first-order valence-electron chi connectivity index (χ1n) is 3.38. The van der Waals surface area contributed by atoms with Crippen molar-refractivity contribution in [3.05, 3.63) is 0 Å². The summed E-state index contributed by atoms with van der Waals surface area (Å²) in [6.45, 7) is -0.650. The van der Waals surface area contributed by atoms with Gasteiger partial charge in [-0.1, -0.05) is 0 Å². The van der Waals surface area contributed by atoms with E-state index in [9.17, 15) is 13.0 Å². The van der Waals surface area contributed by atoms with E-state index in [2.05, 4.69) is 5.32 Å². The fourth-order valence-electron chi connectivity index (χ4n) is 0.575. The summed E-state index contributed by atoms with van der Waals surface area (Å²) in [5.41, 5.74) is 0. The number of aliphatic hydroxyl groups excluding tert-OH is 2. The average Bonchev–Trinajstić information content (AvgIpc) is 1.96. The van der Waals surface area contributed by atoms with E-state index in [-0.39, 0.29) is 49.3 Å². The van der Waals surface area contributed by atoms with Crippen molar-refractivity contribution in [3.63, 3.8) is 0 Å². The van der Waals surface area contributed by atoms with Gasteiger partial charge in [-0.2, -0.15) is 0 Å². The summed E-state index contributed by atoms with van der Waals surface area (Å²) in [5.74, 6) is -0.538. The Morgan fingerprint density at radius 1 is 1.31 bits per heavy atom. The van der Waals surface area contributed by atoms with Gasteiger partial charge in [0, 0.05) is 6.54 Å². The molecule has 0 fully saturated rings. The maximum absolute atomic E-state index is 10.1. The molecule has 0 saturated heterocycles. The Balaban J connectivity index is 0. The third kappa shape index (κ3) is 10.7. The summed E-state index contributed by atoms with van der Waals surface area (Å²) >= 11 is 0. The van der Waals surface area contributed by atoms with Crippen molar-refractivity contribution in [1.82, 2.24) is 5.32 Å². The minimum absolute atomic E-state index is 0. The molecule has 74 valence electrons. The molecule has 0 saturated carbocycles. The molecule has 0 spiro atoms. The maximum Gasteiger partial charge on any atom is 1.00 e. The fourth-order valence-corrected chi connectivity index (χ4v) is 0.943. The third-order valence-corrected chi connectivity index (χ3v) is 1.93. The predicted molar refractivity (Wildman–Crippen MR) is 40.5 cm³/mol. The van der Waals surface area contributed by atoms with Gasteiger partial charge < -0.3 is 20.1 Å². The number of hydrogen-bond donors (Lipinski definition) is 3. The van der Waals surface area contributed by atoms with Crippen LogP contribution in [0, 0.1) is 0 Å². The van der Waals surface area contributed by atoms with E-state index in [1.165, 1.54) is 0 Å². The van der Waals surface area contributed by atoms with Gasteiger partial charge in [0.2, 0.25) is 0 Å². The first-order chi connectivity index (χ1) is 5.49. The number of hydrogen-bond acceptors (Lipinski definition) is 6. The molecule has 0 aliphatic carbocycles. The molecule has 0 bridgehead atoms. The van der Waals surface area contributed by atoms with Crippen molar-refractivity contribution in [2.75, 3.05) is 25.5 Å². The average molecular weight is 221 g/mol. The van der Waals surface area contributed by atoms with Gasteiger partial charge in [0.1, 0.15) is 0 Å². The molecule has 13 heavy (non-hydrogen) atoms. The molecule has 0 aliphatic rings. The zero-order valence-corrected chi connectivity index (χ0v) is 10.2. The van der Waals surface area contributed by atoms with Crippen molar-refractivity contribution in [2.45, 2.75) is 6.04 Å². The van der Waals surface area contributed by atoms with Gasteiger partial charge in [0.05, 0.1) is 35.1 Å². The molecule has 0 atom stereocenters. The van der Waals surface area contributed by atoms with Crippen LogP contribution in [0.15, 0.2) is 0 Å². The molecular formula is C5H12NNaO5S. The Bertz CT molecular complexity index is 203. The van der Waals surface area contributed by atoms with Gasteiger partial charge >= 0.3 is 29.6 Å². The van der Waals surface area contributed by atoms with Gasteiger partial charge in [-0.3, -0.25) is 0 Å². The van der Waals surface area contributed by atoms with Crippen LogP contribution < -0.4 is 34.9 Å². The molecule has 0 amide bonds. The summed E-state index contributed by atoms with van der Waals surface area (Å²) in [4.78, 5) is 0. The van der Waals surface area contributed by atoms with Crippen molar-refractivity contribution < 1.29 is 52.7 Å². The van der Waals surface area contributed by atoms with E-state index < -0.39 is 21.9 Å². The summed E-state index contributed by atoms with van der Waals surface area (Å²) in [5, 5.41) is 19.5. The Hall–Kier alpha value is 0.790. The Morgan fingerprint density at radius 3 is 2.08 bits per heavy atom.